The summed E-state index contributed by atoms with van der Waals surface area (Å²) in [6.07, 6.45) is 1.48. The number of benzene rings is 1. The first-order chi connectivity index (χ1) is 10.0. The van der Waals surface area contributed by atoms with E-state index in [2.05, 4.69) is 5.32 Å². The van der Waals surface area contributed by atoms with Gasteiger partial charge in [-0.1, -0.05) is 19.9 Å². The van der Waals surface area contributed by atoms with Gasteiger partial charge in [0.2, 0.25) is 11.8 Å². The Morgan fingerprint density at radius 2 is 2.19 bits per heavy atom. The van der Waals surface area contributed by atoms with E-state index < -0.39 is 0 Å². The van der Waals surface area contributed by atoms with Crippen molar-refractivity contribution in [1.29, 1.82) is 0 Å². The van der Waals surface area contributed by atoms with Crippen LogP contribution in [0.3, 0.4) is 0 Å². The number of carbonyl (C=O) groups excluding carboxylic acids is 2. The first-order valence-corrected chi connectivity index (χ1v) is 7.44. The maximum atomic E-state index is 12.2. The van der Waals surface area contributed by atoms with Gasteiger partial charge in [-0.05, 0) is 30.5 Å². The van der Waals surface area contributed by atoms with Crippen molar-refractivity contribution in [3.05, 3.63) is 24.3 Å². The van der Waals surface area contributed by atoms with Crippen LogP contribution in [0, 0.1) is 11.8 Å². The quantitative estimate of drug-likeness (QED) is 0.870. The Kier molecular flexibility index (Phi) is 4.96. The lowest BCUT2D eigenvalue weighted by Crippen LogP contribution is -2.33. The molecule has 3 N–H and O–H groups in total. The van der Waals surface area contributed by atoms with Crippen molar-refractivity contribution < 1.29 is 9.59 Å². The highest BCUT2D eigenvalue weighted by Gasteiger charge is 2.23. The zero-order valence-corrected chi connectivity index (χ0v) is 12.6. The number of carbonyl (C=O) groups is 2. The van der Waals surface area contributed by atoms with Crippen LogP contribution < -0.4 is 16.0 Å². The summed E-state index contributed by atoms with van der Waals surface area (Å²) in [6.45, 7) is 5.04. The topological polar surface area (TPSA) is 75.4 Å². The molecule has 1 atom stereocenters. The molecule has 114 valence electrons. The van der Waals surface area contributed by atoms with E-state index in [1.165, 1.54) is 0 Å². The molecule has 0 spiro atoms. The summed E-state index contributed by atoms with van der Waals surface area (Å²) in [5.74, 6) is 0.0540. The second kappa shape index (κ2) is 6.72. The Bertz CT molecular complexity index is 528. The molecule has 1 unspecified atom stereocenters. The van der Waals surface area contributed by atoms with E-state index in [0.717, 1.165) is 18.7 Å². The molecule has 0 bridgehead atoms. The van der Waals surface area contributed by atoms with Crippen LogP contribution in [0.5, 0.6) is 0 Å². The molecule has 2 amide bonds. The van der Waals surface area contributed by atoms with E-state index in [1.807, 2.05) is 38.1 Å². The molecule has 0 saturated carbocycles. The smallest absolute Gasteiger partial charge is 0.229 e. The average Bonchev–Trinajstić information content (AvgIpc) is 2.85. The predicted octanol–water partition coefficient (Wildman–Crippen LogP) is 1.98. The Morgan fingerprint density at radius 1 is 1.43 bits per heavy atom. The molecule has 1 aliphatic rings. The zero-order valence-electron chi connectivity index (χ0n) is 12.6. The van der Waals surface area contributed by atoms with Crippen LogP contribution in [0.2, 0.25) is 0 Å². The molecular weight excluding hydrogens is 266 g/mol. The highest BCUT2D eigenvalue weighted by Crippen LogP contribution is 2.24. The number of hydrogen-bond donors (Lipinski definition) is 2. The summed E-state index contributed by atoms with van der Waals surface area (Å²) in [5.41, 5.74) is 7.20. The standard InChI is InChI=1S/C16H23N3O2/c1-11(2)14(10-17)16(21)18-12-5-3-6-13(9-12)19-8-4-7-15(19)20/h3,5-6,9,11,14H,4,7-8,10,17H2,1-2H3,(H,18,21). The first-order valence-electron chi connectivity index (χ1n) is 7.44. The molecule has 1 aromatic rings. The van der Waals surface area contributed by atoms with E-state index in [1.54, 1.807) is 4.90 Å². The Hall–Kier alpha value is -1.88. The number of nitrogens with zero attached hydrogens (tertiary/aromatic N) is 1. The highest BCUT2D eigenvalue weighted by atomic mass is 16.2. The lowest BCUT2D eigenvalue weighted by molar-refractivity contribution is -0.120. The largest absolute Gasteiger partial charge is 0.330 e. The lowest BCUT2D eigenvalue weighted by Gasteiger charge is -2.20. The summed E-state index contributed by atoms with van der Waals surface area (Å²) < 4.78 is 0. The van der Waals surface area contributed by atoms with E-state index in [0.29, 0.717) is 18.7 Å². The Labute approximate surface area is 125 Å². The fourth-order valence-electron chi connectivity index (χ4n) is 2.59. The summed E-state index contributed by atoms with van der Waals surface area (Å²) >= 11 is 0. The normalized spacial score (nSPS) is 16.4. The second-order valence-corrected chi connectivity index (χ2v) is 5.77. The van der Waals surface area contributed by atoms with Crippen LogP contribution >= 0.6 is 0 Å². The van der Waals surface area contributed by atoms with Gasteiger partial charge >= 0.3 is 0 Å². The van der Waals surface area contributed by atoms with Gasteiger partial charge < -0.3 is 16.0 Å². The predicted molar refractivity (Wildman–Crippen MR) is 84.0 cm³/mol. The van der Waals surface area contributed by atoms with E-state index in [4.69, 9.17) is 5.73 Å². The third-order valence-corrected chi connectivity index (χ3v) is 3.89. The maximum Gasteiger partial charge on any atom is 0.229 e. The molecule has 21 heavy (non-hydrogen) atoms. The van der Waals surface area contributed by atoms with Crippen LogP contribution in [-0.2, 0) is 9.59 Å². The molecule has 0 radical (unpaired) electrons. The van der Waals surface area contributed by atoms with Crippen molar-refractivity contribution in [2.75, 3.05) is 23.3 Å². The van der Waals surface area contributed by atoms with Gasteiger partial charge in [0.05, 0.1) is 5.92 Å². The van der Waals surface area contributed by atoms with Gasteiger partial charge in [-0.3, -0.25) is 9.59 Å². The summed E-state index contributed by atoms with van der Waals surface area (Å²) in [5, 5.41) is 2.90. The lowest BCUT2D eigenvalue weighted by atomic mass is 9.95. The van der Waals surface area contributed by atoms with Crippen LogP contribution in [0.25, 0.3) is 0 Å². The molecule has 0 aromatic heterocycles. The third kappa shape index (κ3) is 3.61. The van der Waals surface area contributed by atoms with Crippen molar-refractivity contribution in [2.45, 2.75) is 26.7 Å². The number of anilines is 2. The van der Waals surface area contributed by atoms with Crippen LogP contribution in [0.15, 0.2) is 24.3 Å². The summed E-state index contributed by atoms with van der Waals surface area (Å²) in [6, 6.07) is 7.41. The van der Waals surface area contributed by atoms with Crippen molar-refractivity contribution >= 4 is 23.2 Å². The molecule has 2 rings (SSSR count). The molecule has 0 aliphatic carbocycles. The van der Waals surface area contributed by atoms with Gasteiger partial charge in [0.25, 0.3) is 0 Å². The number of nitrogens with two attached hydrogens (primary N) is 1. The van der Waals surface area contributed by atoms with Crippen LogP contribution in [-0.4, -0.2) is 24.9 Å². The van der Waals surface area contributed by atoms with E-state index in [-0.39, 0.29) is 23.7 Å². The van der Waals surface area contributed by atoms with Gasteiger partial charge in [0, 0.05) is 30.9 Å². The fraction of sp³-hybridized carbons (Fsp3) is 0.500. The molecule has 1 aromatic carbocycles. The SMILES string of the molecule is CC(C)C(CN)C(=O)Nc1cccc(N2CCCC2=O)c1. The molecular formula is C16H23N3O2. The van der Waals surface area contributed by atoms with Crippen molar-refractivity contribution in [3.63, 3.8) is 0 Å². The monoisotopic (exact) mass is 289 g/mol. The number of nitrogens with one attached hydrogen (secondary N) is 1. The molecule has 1 fully saturated rings. The van der Waals surface area contributed by atoms with E-state index in [9.17, 15) is 9.59 Å². The third-order valence-electron chi connectivity index (χ3n) is 3.89. The maximum absolute atomic E-state index is 12.2. The minimum Gasteiger partial charge on any atom is -0.330 e. The van der Waals surface area contributed by atoms with Gasteiger partial charge in [0.15, 0.2) is 0 Å². The summed E-state index contributed by atoms with van der Waals surface area (Å²) in [4.78, 5) is 25.7. The van der Waals surface area contributed by atoms with Crippen molar-refractivity contribution in [3.8, 4) is 0 Å². The van der Waals surface area contributed by atoms with Gasteiger partial charge in [0.1, 0.15) is 0 Å². The molecule has 5 heteroatoms. The Balaban J connectivity index is 2.11. The van der Waals surface area contributed by atoms with Gasteiger partial charge in [-0.25, -0.2) is 0 Å². The molecule has 1 heterocycles. The zero-order chi connectivity index (χ0) is 15.4. The van der Waals surface area contributed by atoms with Gasteiger partial charge in [-0.2, -0.15) is 0 Å². The molecule has 5 nitrogen and oxygen atoms in total. The Morgan fingerprint density at radius 3 is 2.76 bits per heavy atom. The fourth-order valence-corrected chi connectivity index (χ4v) is 2.59. The highest BCUT2D eigenvalue weighted by molar-refractivity contribution is 5.97. The molecule has 1 saturated heterocycles. The first kappa shape index (κ1) is 15.5. The van der Waals surface area contributed by atoms with Crippen molar-refractivity contribution in [2.24, 2.45) is 17.6 Å². The summed E-state index contributed by atoms with van der Waals surface area (Å²) in [7, 11) is 0. The van der Waals surface area contributed by atoms with Crippen molar-refractivity contribution in [1.82, 2.24) is 0 Å². The van der Waals surface area contributed by atoms with Gasteiger partial charge in [-0.15, -0.1) is 0 Å². The molecule has 1 aliphatic heterocycles. The second-order valence-electron chi connectivity index (χ2n) is 5.77. The number of amides is 2. The number of hydrogen-bond acceptors (Lipinski definition) is 3. The minimum absolute atomic E-state index is 0.0719. The number of rotatable bonds is 5. The van der Waals surface area contributed by atoms with Crippen LogP contribution in [0.1, 0.15) is 26.7 Å². The minimum atomic E-state index is -0.206. The average molecular weight is 289 g/mol. The van der Waals surface area contributed by atoms with E-state index >= 15 is 0 Å². The van der Waals surface area contributed by atoms with Crippen LogP contribution in [0.4, 0.5) is 11.4 Å².